The van der Waals surface area contributed by atoms with Gasteiger partial charge in [0.25, 0.3) is 0 Å². The Labute approximate surface area is 114 Å². The molecule has 1 aromatic carbocycles. The predicted octanol–water partition coefficient (Wildman–Crippen LogP) is 0.381. The molecule has 0 aliphatic rings. The number of ether oxygens (including phenoxy) is 1. The summed E-state index contributed by atoms with van der Waals surface area (Å²) in [6, 6.07) is 8.70. The van der Waals surface area contributed by atoms with Gasteiger partial charge in [0, 0.05) is 13.1 Å². The quantitative estimate of drug-likeness (QED) is 0.667. The maximum absolute atomic E-state index is 11.8. The molecule has 0 heterocycles. The third-order valence-corrected chi connectivity index (χ3v) is 2.67. The van der Waals surface area contributed by atoms with Gasteiger partial charge in [0.1, 0.15) is 6.04 Å². The Balaban J connectivity index is 2.17. The molecule has 0 saturated heterocycles. The molecule has 5 heteroatoms. The molecule has 0 unspecified atom stereocenters. The highest BCUT2D eigenvalue weighted by molar-refractivity contribution is 5.82. The minimum atomic E-state index is -0.622. The first-order chi connectivity index (χ1) is 9.11. The van der Waals surface area contributed by atoms with Crippen LogP contribution < -0.4 is 11.1 Å². The van der Waals surface area contributed by atoms with Crippen molar-refractivity contribution in [1.29, 1.82) is 0 Å². The molecule has 0 spiro atoms. The first-order valence-corrected chi connectivity index (χ1v) is 6.42. The van der Waals surface area contributed by atoms with Crippen molar-refractivity contribution in [3.05, 3.63) is 35.9 Å². The van der Waals surface area contributed by atoms with Gasteiger partial charge in [0.05, 0.1) is 13.2 Å². The highest BCUT2D eigenvalue weighted by Gasteiger charge is 2.14. The molecule has 3 N–H and O–H groups in total. The number of likely N-dealkylation sites (N-methyl/N-ethyl adjacent to an activating group) is 1. The molecule has 0 fully saturated rings. The third-order valence-electron chi connectivity index (χ3n) is 2.67. The van der Waals surface area contributed by atoms with Crippen LogP contribution in [0.25, 0.3) is 0 Å². The summed E-state index contributed by atoms with van der Waals surface area (Å²) < 4.78 is 5.38. The zero-order valence-corrected chi connectivity index (χ0v) is 11.6. The first-order valence-electron chi connectivity index (χ1n) is 6.42. The van der Waals surface area contributed by atoms with Gasteiger partial charge in [-0.25, -0.2) is 0 Å². The van der Waals surface area contributed by atoms with Crippen molar-refractivity contribution in [2.45, 2.75) is 6.04 Å². The maximum Gasteiger partial charge on any atom is 0.241 e. The SMILES string of the molecule is CN(C)CCOCCNC(=O)[C@H](N)c1ccccc1. The number of nitrogens with two attached hydrogens (primary N) is 1. The molecule has 1 aromatic rings. The summed E-state index contributed by atoms with van der Waals surface area (Å²) in [6.07, 6.45) is 0. The molecule has 0 aliphatic carbocycles. The number of hydrogen-bond acceptors (Lipinski definition) is 4. The van der Waals surface area contributed by atoms with Crippen LogP contribution >= 0.6 is 0 Å². The fourth-order valence-electron chi connectivity index (χ4n) is 1.52. The summed E-state index contributed by atoms with van der Waals surface area (Å²) in [5.41, 5.74) is 6.67. The van der Waals surface area contributed by atoms with Crippen molar-refractivity contribution >= 4 is 5.91 Å². The second kappa shape index (κ2) is 8.63. The molecular weight excluding hydrogens is 242 g/mol. The van der Waals surface area contributed by atoms with Gasteiger partial charge in [0.2, 0.25) is 5.91 Å². The van der Waals surface area contributed by atoms with E-state index in [1.165, 1.54) is 0 Å². The Morgan fingerprint density at radius 1 is 1.32 bits per heavy atom. The van der Waals surface area contributed by atoms with Crippen molar-refractivity contribution in [1.82, 2.24) is 10.2 Å². The van der Waals surface area contributed by atoms with Crippen LogP contribution in [0.2, 0.25) is 0 Å². The normalized spacial score (nSPS) is 12.4. The Kier molecular flexibility index (Phi) is 7.10. The number of benzene rings is 1. The lowest BCUT2D eigenvalue weighted by Gasteiger charge is -2.13. The molecule has 0 aliphatic heterocycles. The molecule has 1 rings (SSSR count). The van der Waals surface area contributed by atoms with E-state index >= 15 is 0 Å². The Morgan fingerprint density at radius 2 is 2.00 bits per heavy atom. The van der Waals surface area contributed by atoms with E-state index in [1.807, 2.05) is 49.3 Å². The second-order valence-electron chi connectivity index (χ2n) is 4.60. The summed E-state index contributed by atoms with van der Waals surface area (Å²) in [4.78, 5) is 13.8. The lowest BCUT2D eigenvalue weighted by molar-refractivity contribution is -0.122. The number of carbonyl (C=O) groups is 1. The van der Waals surface area contributed by atoms with Crippen LogP contribution in [0.3, 0.4) is 0 Å². The summed E-state index contributed by atoms with van der Waals surface area (Å²) in [6.45, 7) is 2.51. The first kappa shape index (κ1) is 15.6. The molecule has 0 saturated carbocycles. The fraction of sp³-hybridized carbons (Fsp3) is 0.500. The minimum Gasteiger partial charge on any atom is -0.378 e. The van der Waals surface area contributed by atoms with Crippen LogP contribution in [0.4, 0.5) is 0 Å². The average molecular weight is 265 g/mol. The van der Waals surface area contributed by atoms with Crippen LogP contribution in [0.1, 0.15) is 11.6 Å². The Morgan fingerprint density at radius 3 is 2.63 bits per heavy atom. The van der Waals surface area contributed by atoms with Crippen molar-refractivity contribution < 1.29 is 9.53 Å². The number of nitrogens with one attached hydrogen (secondary N) is 1. The topological polar surface area (TPSA) is 67.6 Å². The van der Waals surface area contributed by atoms with Crippen molar-refractivity contribution in [2.75, 3.05) is 40.4 Å². The zero-order valence-electron chi connectivity index (χ0n) is 11.6. The fourth-order valence-corrected chi connectivity index (χ4v) is 1.52. The van der Waals surface area contributed by atoms with Crippen LogP contribution in [0.15, 0.2) is 30.3 Å². The molecule has 106 valence electrons. The monoisotopic (exact) mass is 265 g/mol. The molecule has 19 heavy (non-hydrogen) atoms. The van der Waals surface area contributed by atoms with Gasteiger partial charge in [-0.3, -0.25) is 4.79 Å². The zero-order chi connectivity index (χ0) is 14.1. The smallest absolute Gasteiger partial charge is 0.241 e. The van der Waals surface area contributed by atoms with E-state index in [-0.39, 0.29) is 5.91 Å². The van der Waals surface area contributed by atoms with Crippen molar-refractivity contribution in [3.8, 4) is 0 Å². The molecule has 0 aromatic heterocycles. The second-order valence-corrected chi connectivity index (χ2v) is 4.60. The van der Waals surface area contributed by atoms with Gasteiger partial charge < -0.3 is 20.7 Å². The van der Waals surface area contributed by atoms with Crippen molar-refractivity contribution in [2.24, 2.45) is 5.73 Å². The predicted molar refractivity (Wildman–Crippen MR) is 75.8 cm³/mol. The lowest BCUT2D eigenvalue weighted by atomic mass is 10.1. The van der Waals surface area contributed by atoms with Crippen LogP contribution in [-0.2, 0) is 9.53 Å². The van der Waals surface area contributed by atoms with E-state index < -0.39 is 6.04 Å². The van der Waals surface area contributed by atoms with E-state index in [9.17, 15) is 4.79 Å². The average Bonchev–Trinajstić information content (AvgIpc) is 2.42. The standard InChI is InChI=1S/C14H23N3O2/c1-17(2)9-11-19-10-8-16-14(18)13(15)12-6-4-3-5-7-12/h3-7,13H,8-11,15H2,1-2H3,(H,16,18)/t13-/m1/s1. The lowest BCUT2D eigenvalue weighted by Crippen LogP contribution is -2.36. The van der Waals surface area contributed by atoms with Gasteiger partial charge in [-0.15, -0.1) is 0 Å². The maximum atomic E-state index is 11.8. The Bertz CT molecular complexity index is 368. The number of hydrogen-bond donors (Lipinski definition) is 2. The van der Waals surface area contributed by atoms with E-state index in [2.05, 4.69) is 5.32 Å². The van der Waals surface area contributed by atoms with Crippen molar-refractivity contribution in [3.63, 3.8) is 0 Å². The highest BCUT2D eigenvalue weighted by Crippen LogP contribution is 2.08. The van der Waals surface area contributed by atoms with Gasteiger partial charge in [0.15, 0.2) is 0 Å². The summed E-state index contributed by atoms with van der Waals surface area (Å²) in [7, 11) is 3.98. The third kappa shape index (κ3) is 6.33. The Hall–Kier alpha value is -1.43. The molecular formula is C14H23N3O2. The van der Waals surface area contributed by atoms with Gasteiger partial charge in [-0.2, -0.15) is 0 Å². The van der Waals surface area contributed by atoms with Gasteiger partial charge >= 0.3 is 0 Å². The number of carbonyl (C=O) groups excluding carboxylic acids is 1. The minimum absolute atomic E-state index is 0.178. The van der Waals surface area contributed by atoms with Crippen LogP contribution in [0.5, 0.6) is 0 Å². The summed E-state index contributed by atoms with van der Waals surface area (Å²) in [5.74, 6) is -0.178. The highest BCUT2D eigenvalue weighted by atomic mass is 16.5. The summed E-state index contributed by atoms with van der Waals surface area (Å²) >= 11 is 0. The van der Waals surface area contributed by atoms with Crippen LogP contribution in [-0.4, -0.2) is 51.2 Å². The number of amides is 1. The van der Waals surface area contributed by atoms with E-state index in [0.717, 1.165) is 12.1 Å². The largest absolute Gasteiger partial charge is 0.378 e. The van der Waals surface area contributed by atoms with E-state index in [4.69, 9.17) is 10.5 Å². The molecule has 0 bridgehead atoms. The van der Waals surface area contributed by atoms with Crippen LogP contribution in [0, 0.1) is 0 Å². The summed E-state index contributed by atoms with van der Waals surface area (Å²) in [5, 5.41) is 2.77. The molecule has 1 amide bonds. The number of nitrogens with zero attached hydrogens (tertiary/aromatic N) is 1. The van der Waals surface area contributed by atoms with Gasteiger partial charge in [-0.05, 0) is 19.7 Å². The van der Waals surface area contributed by atoms with E-state index in [1.54, 1.807) is 0 Å². The molecule has 0 radical (unpaired) electrons. The van der Waals surface area contributed by atoms with E-state index in [0.29, 0.717) is 19.8 Å². The molecule has 5 nitrogen and oxygen atoms in total. The molecule has 1 atom stereocenters. The van der Waals surface area contributed by atoms with Gasteiger partial charge in [-0.1, -0.05) is 30.3 Å². The number of rotatable bonds is 8.